The number of benzene rings is 2. The van der Waals surface area contributed by atoms with E-state index in [4.69, 9.17) is 0 Å². The lowest BCUT2D eigenvalue weighted by atomic mass is 10.0. The van der Waals surface area contributed by atoms with Crippen LogP contribution in [0.15, 0.2) is 48.5 Å². The van der Waals surface area contributed by atoms with Crippen LogP contribution in [0.25, 0.3) is 0 Å². The lowest BCUT2D eigenvalue weighted by molar-refractivity contribution is -0.114. The fraction of sp³-hybridized carbons (Fsp3) is 0.333. The smallest absolute Gasteiger partial charge is 0.253 e. The van der Waals surface area contributed by atoms with E-state index in [-0.39, 0.29) is 18.4 Å². The normalized spacial score (nSPS) is 10.5. The van der Waals surface area contributed by atoms with Crippen molar-refractivity contribution in [2.45, 2.75) is 19.8 Å². The Kier molecular flexibility index (Phi) is 6.39. The molecule has 0 aliphatic rings. The highest BCUT2D eigenvalue weighted by atomic mass is 16.2. The predicted molar refractivity (Wildman–Crippen MR) is 107 cm³/mol. The maximum Gasteiger partial charge on any atom is 0.253 e. The standard InChI is InChI=1S/C21H27N3O2/c1-15(2)17-7-6-8-19(13-17)24(5)14-20(25)22-18-11-9-16(10-12-18)21(26)23(3)4/h6-13,15H,14H2,1-5H3,(H,22,25). The van der Waals surface area contributed by atoms with Crippen molar-refractivity contribution in [2.24, 2.45) is 0 Å². The Morgan fingerprint density at radius 1 is 1.00 bits per heavy atom. The highest BCUT2D eigenvalue weighted by Gasteiger charge is 2.11. The summed E-state index contributed by atoms with van der Waals surface area (Å²) in [5.74, 6) is 0.280. The minimum Gasteiger partial charge on any atom is -0.365 e. The first-order valence-electron chi connectivity index (χ1n) is 8.70. The van der Waals surface area contributed by atoms with Crippen LogP contribution in [0.1, 0.15) is 35.7 Å². The second kappa shape index (κ2) is 8.52. The van der Waals surface area contributed by atoms with Gasteiger partial charge in [-0.25, -0.2) is 0 Å². The number of hydrogen-bond acceptors (Lipinski definition) is 3. The van der Waals surface area contributed by atoms with E-state index in [0.717, 1.165) is 5.69 Å². The number of anilines is 2. The fourth-order valence-electron chi connectivity index (χ4n) is 2.58. The van der Waals surface area contributed by atoms with E-state index < -0.39 is 0 Å². The van der Waals surface area contributed by atoms with E-state index in [1.165, 1.54) is 10.5 Å². The van der Waals surface area contributed by atoms with E-state index in [1.807, 2.05) is 24.1 Å². The molecule has 0 aliphatic heterocycles. The minimum absolute atomic E-state index is 0.0624. The van der Waals surface area contributed by atoms with Crippen LogP contribution in [-0.4, -0.2) is 44.4 Å². The lowest BCUT2D eigenvalue weighted by Crippen LogP contribution is -2.30. The summed E-state index contributed by atoms with van der Waals surface area (Å²) in [6.07, 6.45) is 0. The molecule has 0 spiro atoms. The first-order valence-corrected chi connectivity index (χ1v) is 8.70. The van der Waals surface area contributed by atoms with Crippen molar-refractivity contribution in [3.63, 3.8) is 0 Å². The van der Waals surface area contributed by atoms with Gasteiger partial charge in [-0.05, 0) is 47.9 Å². The topological polar surface area (TPSA) is 52.7 Å². The van der Waals surface area contributed by atoms with Crippen molar-refractivity contribution in [3.05, 3.63) is 59.7 Å². The molecule has 26 heavy (non-hydrogen) atoms. The van der Waals surface area contributed by atoms with Crippen molar-refractivity contribution in [2.75, 3.05) is 37.9 Å². The number of carbonyl (C=O) groups is 2. The first-order chi connectivity index (χ1) is 12.3. The summed E-state index contributed by atoms with van der Waals surface area (Å²) >= 11 is 0. The zero-order valence-corrected chi connectivity index (χ0v) is 16.1. The molecular formula is C21H27N3O2. The maximum atomic E-state index is 12.3. The molecule has 2 aromatic carbocycles. The van der Waals surface area contributed by atoms with Gasteiger partial charge in [-0.1, -0.05) is 26.0 Å². The van der Waals surface area contributed by atoms with E-state index in [9.17, 15) is 9.59 Å². The summed E-state index contributed by atoms with van der Waals surface area (Å²) in [7, 11) is 5.32. The molecule has 0 aromatic heterocycles. The van der Waals surface area contributed by atoms with Gasteiger partial charge >= 0.3 is 0 Å². The lowest BCUT2D eigenvalue weighted by Gasteiger charge is -2.20. The molecule has 2 amide bonds. The second-order valence-electron chi connectivity index (χ2n) is 6.93. The number of amides is 2. The number of nitrogens with one attached hydrogen (secondary N) is 1. The summed E-state index contributed by atoms with van der Waals surface area (Å²) in [5.41, 5.74) is 3.53. The summed E-state index contributed by atoms with van der Waals surface area (Å²) in [5, 5.41) is 2.87. The van der Waals surface area contributed by atoms with E-state index in [2.05, 4.69) is 31.3 Å². The van der Waals surface area contributed by atoms with Gasteiger partial charge in [0.2, 0.25) is 5.91 Å². The molecule has 5 nitrogen and oxygen atoms in total. The van der Waals surface area contributed by atoms with Crippen molar-refractivity contribution in [3.8, 4) is 0 Å². The summed E-state index contributed by atoms with van der Waals surface area (Å²) in [4.78, 5) is 27.6. The molecule has 0 fully saturated rings. The molecule has 2 rings (SSSR count). The Balaban J connectivity index is 1.98. The number of carbonyl (C=O) groups excluding carboxylic acids is 2. The minimum atomic E-state index is -0.103. The third kappa shape index (κ3) is 5.09. The molecule has 0 heterocycles. The molecule has 2 aromatic rings. The zero-order valence-electron chi connectivity index (χ0n) is 16.1. The van der Waals surface area contributed by atoms with Gasteiger partial charge in [0.15, 0.2) is 0 Å². The maximum absolute atomic E-state index is 12.3. The van der Waals surface area contributed by atoms with E-state index >= 15 is 0 Å². The molecule has 0 atom stereocenters. The van der Waals surface area contributed by atoms with Crippen LogP contribution in [0.5, 0.6) is 0 Å². The molecule has 0 saturated heterocycles. The molecule has 0 radical (unpaired) electrons. The van der Waals surface area contributed by atoms with E-state index in [1.54, 1.807) is 38.4 Å². The molecule has 0 aliphatic carbocycles. The van der Waals surface area contributed by atoms with Crippen LogP contribution in [0.2, 0.25) is 0 Å². The molecular weight excluding hydrogens is 326 g/mol. The van der Waals surface area contributed by atoms with Gasteiger partial charge in [-0.2, -0.15) is 0 Å². The van der Waals surface area contributed by atoms with Crippen LogP contribution in [0, 0.1) is 0 Å². The average molecular weight is 353 g/mol. The highest BCUT2D eigenvalue weighted by molar-refractivity contribution is 5.96. The van der Waals surface area contributed by atoms with Gasteiger partial charge in [0.05, 0.1) is 6.54 Å². The third-order valence-electron chi connectivity index (χ3n) is 4.18. The SMILES string of the molecule is CC(C)c1cccc(N(C)CC(=O)Nc2ccc(C(=O)N(C)C)cc2)c1. The molecule has 0 bridgehead atoms. The predicted octanol–water partition coefficient (Wildman–Crippen LogP) is 3.59. The number of likely N-dealkylation sites (N-methyl/N-ethyl adjacent to an activating group) is 1. The quantitative estimate of drug-likeness (QED) is 0.863. The van der Waals surface area contributed by atoms with Gasteiger partial charge in [-0.15, -0.1) is 0 Å². The van der Waals surface area contributed by atoms with Crippen LogP contribution >= 0.6 is 0 Å². The molecule has 0 saturated carbocycles. The van der Waals surface area contributed by atoms with Gasteiger partial charge < -0.3 is 15.1 Å². The van der Waals surface area contributed by atoms with Crippen LogP contribution < -0.4 is 10.2 Å². The van der Waals surface area contributed by atoms with E-state index in [0.29, 0.717) is 17.2 Å². The first kappa shape index (κ1) is 19.5. The summed E-state index contributed by atoms with van der Waals surface area (Å²) in [6, 6.07) is 15.1. The van der Waals surface area contributed by atoms with Crippen molar-refractivity contribution in [1.29, 1.82) is 0 Å². The zero-order chi connectivity index (χ0) is 19.3. The number of hydrogen-bond donors (Lipinski definition) is 1. The van der Waals surface area contributed by atoms with Crippen LogP contribution in [0.4, 0.5) is 11.4 Å². The number of nitrogens with zero attached hydrogens (tertiary/aromatic N) is 2. The van der Waals surface area contributed by atoms with Crippen LogP contribution in [0.3, 0.4) is 0 Å². The Labute approximate surface area is 155 Å². The average Bonchev–Trinajstić information content (AvgIpc) is 2.61. The van der Waals surface area contributed by atoms with Gasteiger partial charge in [0, 0.05) is 38.1 Å². The fourth-order valence-corrected chi connectivity index (χ4v) is 2.58. The Morgan fingerprint density at radius 2 is 1.65 bits per heavy atom. The summed E-state index contributed by atoms with van der Waals surface area (Å²) < 4.78 is 0. The molecule has 0 unspecified atom stereocenters. The summed E-state index contributed by atoms with van der Waals surface area (Å²) in [6.45, 7) is 4.55. The molecule has 1 N–H and O–H groups in total. The Hall–Kier alpha value is -2.82. The highest BCUT2D eigenvalue weighted by Crippen LogP contribution is 2.21. The monoisotopic (exact) mass is 353 g/mol. The van der Waals surface area contributed by atoms with Crippen molar-refractivity contribution < 1.29 is 9.59 Å². The Morgan fingerprint density at radius 3 is 2.23 bits per heavy atom. The van der Waals surface area contributed by atoms with Crippen LogP contribution in [-0.2, 0) is 4.79 Å². The molecule has 5 heteroatoms. The van der Waals surface area contributed by atoms with Gasteiger partial charge in [0.1, 0.15) is 0 Å². The second-order valence-corrected chi connectivity index (χ2v) is 6.93. The number of rotatable bonds is 6. The van der Waals surface area contributed by atoms with Gasteiger partial charge in [0.25, 0.3) is 5.91 Å². The molecule has 138 valence electrons. The van der Waals surface area contributed by atoms with Gasteiger partial charge in [-0.3, -0.25) is 9.59 Å². The van der Waals surface area contributed by atoms with Crippen molar-refractivity contribution >= 4 is 23.2 Å². The van der Waals surface area contributed by atoms with Crippen molar-refractivity contribution in [1.82, 2.24) is 4.90 Å². The third-order valence-corrected chi connectivity index (χ3v) is 4.18. The Bertz CT molecular complexity index is 767. The largest absolute Gasteiger partial charge is 0.365 e.